The van der Waals surface area contributed by atoms with Gasteiger partial charge in [-0.05, 0) is 67.6 Å². The van der Waals surface area contributed by atoms with E-state index in [1.54, 1.807) is 6.07 Å². The van der Waals surface area contributed by atoms with Gasteiger partial charge in [-0.3, -0.25) is 9.52 Å². The van der Waals surface area contributed by atoms with E-state index in [0.29, 0.717) is 25.4 Å². The molecule has 1 aliphatic heterocycles. The van der Waals surface area contributed by atoms with Gasteiger partial charge in [0.15, 0.2) is 0 Å². The van der Waals surface area contributed by atoms with Crippen molar-refractivity contribution in [2.75, 3.05) is 24.5 Å². The molecule has 1 amide bonds. The van der Waals surface area contributed by atoms with Gasteiger partial charge in [-0.1, -0.05) is 54.1 Å². The van der Waals surface area contributed by atoms with Crippen LogP contribution in [0.5, 0.6) is 0 Å². The van der Waals surface area contributed by atoms with Crippen LogP contribution in [0.1, 0.15) is 39.9 Å². The van der Waals surface area contributed by atoms with E-state index < -0.39 is 10.0 Å². The third-order valence-corrected chi connectivity index (χ3v) is 8.39. The Hall–Kier alpha value is -2.87. The molecule has 0 aliphatic carbocycles. The molecule has 0 atom stereocenters. The Labute approximate surface area is 211 Å². The molecule has 6 nitrogen and oxygen atoms in total. The first kappa shape index (κ1) is 25.2. The normalized spacial score (nSPS) is 15.4. The number of sulfonamides is 1. The van der Waals surface area contributed by atoms with Gasteiger partial charge in [-0.2, -0.15) is 0 Å². The molecule has 184 valence electrons. The Morgan fingerprint density at radius 2 is 1.71 bits per heavy atom. The fourth-order valence-corrected chi connectivity index (χ4v) is 6.02. The molecule has 0 saturated carbocycles. The van der Waals surface area contributed by atoms with Crippen molar-refractivity contribution in [3.63, 3.8) is 0 Å². The first-order valence-electron chi connectivity index (χ1n) is 11.5. The summed E-state index contributed by atoms with van der Waals surface area (Å²) < 4.78 is 34.5. The highest BCUT2D eigenvalue weighted by Crippen LogP contribution is 2.34. The summed E-state index contributed by atoms with van der Waals surface area (Å²) in [5.74, 6) is -0.355. The van der Waals surface area contributed by atoms with Gasteiger partial charge in [0.1, 0.15) is 4.90 Å². The molecule has 1 aliphatic rings. The van der Waals surface area contributed by atoms with Crippen molar-refractivity contribution >= 4 is 33.2 Å². The minimum absolute atomic E-state index is 0.0459. The highest BCUT2D eigenvalue weighted by atomic mass is 35.5. The molecule has 1 heterocycles. The zero-order valence-corrected chi connectivity index (χ0v) is 21.4. The molecular weight excluding hydrogens is 484 g/mol. The van der Waals surface area contributed by atoms with E-state index in [9.17, 15) is 13.2 Å². The zero-order valence-electron chi connectivity index (χ0n) is 19.8. The predicted octanol–water partition coefficient (Wildman–Crippen LogP) is 5.24. The Morgan fingerprint density at radius 3 is 2.43 bits per heavy atom. The number of hydrogen-bond donors (Lipinski definition) is 2. The monoisotopic (exact) mass is 512 g/mol. The number of nitrogens with one attached hydrogen (secondary N) is 2. The molecule has 35 heavy (non-hydrogen) atoms. The maximum absolute atomic E-state index is 13.2. The third-order valence-electron chi connectivity index (χ3n) is 6.54. The SMILES string of the molecule is Cc1ccc(C)c(NS(=O)(=O)c2cc(C(=O)NCC3(c4ccccc4)CCOCC3)ccc2Cl)c1. The van der Waals surface area contributed by atoms with Gasteiger partial charge >= 0.3 is 0 Å². The molecule has 0 radical (unpaired) electrons. The minimum Gasteiger partial charge on any atom is -0.381 e. The molecule has 4 rings (SSSR count). The van der Waals surface area contributed by atoms with Crippen molar-refractivity contribution in [3.8, 4) is 0 Å². The van der Waals surface area contributed by atoms with Crippen molar-refractivity contribution in [2.24, 2.45) is 0 Å². The van der Waals surface area contributed by atoms with Gasteiger partial charge in [0.25, 0.3) is 15.9 Å². The van der Waals surface area contributed by atoms with Gasteiger partial charge in [-0.25, -0.2) is 8.42 Å². The fourth-order valence-electron chi connectivity index (χ4n) is 4.37. The molecular formula is C27H29ClN2O4S. The molecule has 1 saturated heterocycles. The number of anilines is 1. The minimum atomic E-state index is -4.01. The summed E-state index contributed by atoms with van der Waals surface area (Å²) in [6.45, 7) is 5.37. The summed E-state index contributed by atoms with van der Waals surface area (Å²) in [6.07, 6.45) is 1.58. The van der Waals surface area contributed by atoms with E-state index in [4.69, 9.17) is 16.3 Å². The van der Waals surface area contributed by atoms with E-state index in [1.807, 2.05) is 44.2 Å². The zero-order chi connectivity index (χ0) is 25.1. The quantitative estimate of drug-likeness (QED) is 0.453. The highest BCUT2D eigenvalue weighted by Gasteiger charge is 2.35. The number of halogens is 1. The number of amides is 1. The van der Waals surface area contributed by atoms with Crippen LogP contribution in [0.3, 0.4) is 0 Å². The van der Waals surface area contributed by atoms with Crippen molar-refractivity contribution < 1.29 is 17.9 Å². The molecule has 2 N–H and O–H groups in total. The molecule has 0 aromatic heterocycles. The standard InChI is InChI=1S/C27H29ClN2O4S/c1-19-8-9-20(2)24(16-19)30-35(32,33)25-17-21(10-11-23(25)28)26(31)29-18-27(12-14-34-15-13-27)22-6-4-3-5-7-22/h3-11,16-17,30H,12-15,18H2,1-2H3,(H,29,31). The van der Waals surface area contributed by atoms with Crippen LogP contribution in [0.2, 0.25) is 5.02 Å². The fraction of sp³-hybridized carbons (Fsp3) is 0.296. The van der Waals surface area contributed by atoms with Crippen LogP contribution in [0.15, 0.2) is 71.6 Å². The lowest BCUT2D eigenvalue weighted by Gasteiger charge is -2.38. The summed E-state index contributed by atoms with van der Waals surface area (Å²) in [6, 6.07) is 19.9. The van der Waals surface area contributed by atoms with Crippen LogP contribution in [0.4, 0.5) is 5.69 Å². The molecule has 0 spiro atoms. The van der Waals surface area contributed by atoms with E-state index in [2.05, 4.69) is 22.2 Å². The summed E-state index contributed by atoms with van der Waals surface area (Å²) in [7, 11) is -4.01. The summed E-state index contributed by atoms with van der Waals surface area (Å²) in [4.78, 5) is 13.0. The Kier molecular flexibility index (Phi) is 7.50. The maximum Gasteiger partial charge on any atom is 0.263 e. The first-order valence-corrected chi connectivity index (χ1v) is 13.4. The van der Waals surface area contributed by atoms with Gasteiger partial charge in [0, 0.05) is 30.7 Å². The molecule has 1 fully saturated rings. The molecule has 0 bridgehead atoms. The topological polar surface area (TPSA) is 84.5 Å². The lowest BCUT2D eigenvalue weighted by Crippen LogP contribution is -2.44. The molecule has 0 unspecified atom stereocenters. The van der Waals surface area contributed by atoms with Gasteiger partial charge in [0.05, 0.1) is 10.7 Å². The first-order chi connectivity index (χ1) is 16.7. The summed E-state index contributed by atoms with van der Waals surface area (Å²) in [5.41, 5.74) is 3.33. The smallest absolute Gasteiger partial charge is 0.263 e. The molecule has 3 aromatic carbocycles. The van der Waals surface area contributed by atoms with Crippen LogP contribution >= 0.6 is 11.6 Å². The van der Waals surface area contributed by atoms with Crippen LogP contribution < -0.4 is 10.0 Å². The summed E-state index contributed by atoms with van der Waals surface area (Å²) in [5, 5.41) is 3.07. The second kappa shape index (κ2) is 10.4. The average Bonchev–Trinajstić information content (AvgIpc) is 2.86. The van der Waals surface area contributed by atoms with Crippen molar-refractivity contribution in [2.45, 2.75) is 37.0 Å². The van der Waals surface area contributed by atoms with Crippen LogP contribution in [0.25, 0.3) is 0 Å². The second-order valence-corrected chi connectivity index (χ2v) is 11.1. The van der Waals surface area contributed by atoms with Crippen LogP contribution in [0, 0.1) is 13.8 Å². The largest absolute Gasteiger partial charge is 0.381 e. The number of ether oxygens (including phenoxy) is 1. The average molecular weight is 513 g/mol. The maximum atomic E-state index is 13.2. The summed E-state index contributed by atoms with van der Waals surface area (Å²) >= 11 is 6.26. The van der Waals surface area contributed by atoms with Crippen molar-refractivity contribution in [1.29, 1.82) is 0 Å². The predicted molar refractivity (Wildman–Crippen MR) is 139 cm³/mol. The van der Waals surface area contributed by atoms with Gasteiger partial charge < -0.3 is 10.1 Å². The number of rotatable bonds is 7. The lowest BCUT2D eigenvalue weighted by atomic mass is 9.74. The third kappa shape index (κ3) is 5.69. The van der Waals surface area contributed by atoms with Gasteiger partial charge in [0.2, 0.25) is 0 Å². The van der Waals surface area contributed by atoms with E-state index in [-0.39, 0.29) is 26.8 Å². The van der Waals surface area contributed by atoms with Crippen molar-refractivity contribution in [3.05, 3.63) is 94.0 Å². The molecule has 8 heteroatoms. The molecule has 3 aromatic rings. The van der Waals surface area contributed by atoms with Gasteiger partial charge in [-0.15, -0.1) is 0 Å². The number of aryl methyl sites for hydroxylation is 2. The van der Waals surface area contributed by atoms with Crippen LogP contribution in [-0.4, -0.2) is 34.1 Å². The lowest BCUT2D eigenvalue weighted by molar-refractivity contribution is 0.0487. The number of benzene rings is 3. The Bertz CT molecular complexity index is 1320. The second-order valence-electron chi connectivity index (χ2n) is 9.01. The van der Waals surface area contributed by atoms with E-state index in [1.165, 1.54) is 18.2 Å². The number of carbonyl (C=O) groups is 1. The number of hydrogen-bond acceptors (Lipinski definition) is 4. The Balaban J connectivity index is 1.56. The number of carbonyl (C=O) groups excluding carboxylic acids is 1. The van der Waals surface area contributed by atoms with Crippen molar-refractivity contribution in [1.82, 2.24) is 5.32 Å². The highest BCUT2D eigenvalue weighted by molar-refractivity contribution is 7.92. The Morgan fingerprint density at radius 1 is 1.00 bits per heavy atom. The van der Waals surface area contributed by atoms with Crippen LogP contribution in [-0.2, 0) is 20.2 Å². The van der Waals surface area contributed by atoms with E-state index >= 15 is 0 Å². The van der Waals surface area contributed by atoms with E-state index in [0.717, 1.165) is 29.5 Å².